The van der Waals surface area contributed by atoms with E-state index >= 15 is 0 Å². The molecule has 0 aromatic heterocycles. The fourth-order valence-electron chi connectivity index (χ4n) is 3.48. The van der Waals surface area contributed by atoms with E-state index in [-0.39, 0.29) is 22.0 Å². The Kier molecular flexibility index (Phi) is 5.63. The highest BCUT2D eigenvalue weighted by molar-refractivity contribution is 7.91. The van der Waals surface area contributed by atoms with Gasteiger partial charge in [0.05, 0.1) is 27.5 Å². The van der Waals surface area contributed by atoms with Gasteiger partial charge in [-0.15, -0.1) is 0 Å². The number of sulfone groups is 1. The zero-order chi connectivity index (χ0) is 20.5. The summed E-state index contributed by atoms with van der Waals surface area (Å²) in [6, 6.07) is 13.7. The summed E-state index contributed by atoms with van der Waals surface area (Å²) in [5, 5.41) is 0. The Hall–Kier alpha value is -2.19. The van der Waals surface area contributed by atoms with Gasteiger partial charge in [0, 0.05) is 0 Å². The van der Waals surface area contributed by atoms with Crippen LogP contribution in [0.4, 0.5) is 0 Å². The van der Waals surface area contributed by atoms with Crippen LogP contribution in [0.3, 0.4) is 0 Å². The van der Waals surface area contributed by atoms with Crippen LogP contribution in [0.5, 0.6) is 0 Å². The largest absolute Gasteiger partial charge is 0.273 e. The number of amides is 1. The van der Waals surface area contributed by atoms with Gasteiger partial charge in [0.2, 0.25) is 5.91 Å². The first-order chi connectivity index (χ1) is 13.2. The summed E-state index contributed by atoms with van der Waals surface area (Å²) in [5.74, 6) is -1.16. The Labute approximate surface area is 166 Å². The SMILES string of the molecule is CCC1C(=O)N(S(=O)(=O)c2ccc(C)cc2)C1CCS(=O)(=O)c1ccccc1. The summed E-state index contributed by atoms with van der Waals surface area (Å²) < 4.78 is 51.9. The van der Waals surface area contributed by atoms with Crippen LogP contribution < -0.4 is 0 Å². The number of carbonyl (C=O) groups is 1. The average molecular weight is 422 g/mol. The van der Waals surface area contributed by atoms with E-state index in [2.05, 4.69) is 0 Å². The molecule has 1 aliphatic heterocycles. The Balaban J connectivity index is 1.84. The summed E-state index contributed by atoms with van der Waals surface area (Å²) in [4.78, 5) is 12.7. The lowest BCUT2D eigenvalue weighted by molar-refractivity contribution is -0.146. The number of β-lactam (4-membered cyclic amide) rings is 1. The highest BCUT2D eigenvalue weighted by Gasteiger charge is 2.52. The molecule has 0 spiro atoms. The van der Waals surface area contributed by atoms with E-state index < -0.39 is 37.7 Å². The predicted molar refractivity (Wildman–Crippen MR) is 106 cm³/mol. The minimum absolute atomic E-state index is 0.0388. The molecule has 0 radical (unpaired) electrons. The number of sulfonamides is 1. The standard InChI is InChI=1S/C20H23NO5S2/c1-3-18-19(13-14-27(23,24)16-7-5-4-6-8-16)21(20(18)22)28(25,26)17-11-9-15(2)10-12-17/h4-12,18-19H,3,13-14H2,1-2H3. The zero-order valence-electron chi connectivity index (χ0n) is 15.8. The van der Waals surface area contributed by atoms with Gasteiger partial charge in [0.1, 0.15) is 0 Å². The van der Waals surface area contributed by atoms with Crippen LogP contribution >= 0.6 is 0 Å². The molecule has 2 aromatic carbocycles. The Morgan fingerprint density at radius 1 is 0.893 bits per heavy atom. The van der Waals surface area contributed by atoms with E-state index in [0.717, 1.165) is 9.87 Å². The molecule has 2 atom stereocenters. The summed E-state index contributed by atoms with van der Waals surface area (Å²) in [6.07, 6.45) is 0.543. The van der Waals surface area contributed by atoms with E-state index in [4.69, 9.17) is 0 Å². The maximum absolute atomic E-state index is 13.0. The first-order valence-electron chi connectivity index (χ1n) is 9.11. The summed E-state index contributed by atoms with van der Waals surface area (Å²) in [7, 11) is -7.56. The van der Waals surface area contributed by atoms with Crippen LogP contribution in [0, 0.1) is 12.8 Å². The molecular formula is C20H23NO5S2. The van der Waals surface area contributed by atoms with Gasteiger partial charge in [-0.1, -0.05) is 42.8 Å². The van der Waals surface area contributed by atoms with Crippen molar-refractivity contribution in [3.8, 4) is 0 Å². The number of nitrogens with zero attached hydrogens (tertiary/aromatic N) is 1. The molecule has 0 saturated carbocycles. The van der Waals surface area contributed by atoms with E-state index in [0.29, 0.717) is 6.42 Å². The van der Waals surface area contributed by atoms with Gasteiger partial charge >= 0.3 is 0 Å². The summed E-state index contributed by atoms with van der Waals surface area (Å²) in [6.45, 7) is 3.65. The smallest absolute Gasteiger partial charge is 0.266 e. The molecule has 0 aliphatic carbocycles. The number of hydrogen-bond donors (Lipinski definition) is 0. The molecule has 150 valence electrons. The van der Waals surface area contributed by atoms with Crippen LogP contribution in [0.25, 0.3) is 0 Å². The van der Waals surface area contributed by atoms with E-state index in [9.17, 15) is 21.6 Å². The van der Waals surface area contributed by atoms with Crippen molar-refractivity contribution >= 4 is 25.8 Å². The lowest BCUT2D eigenvalue weighted by atomic mass is 9.86. The van der Waals surface area contributed by atoms with Gasteiger partial charge in [0.15, 0.2) is 9.84 Å². The van der Waals surface area contributed by atoms with Crippen molar-refractivity contribution in [2.45, 2.75) is 42.5 Å². The van der Waals surface area contributed by atoms with Crippen molar-refractivity contribution in [3.63, 3.8) is 0 Å². The Morgan fingerprint density at radius 3 is 2.07 bits per heavy atom. The molecule has 6 nitrogen and oxygen atoms in total. The fourth-order valence-corrected chi connectivity index (χ4v) is 6.53. The lowest BCUT2D eigenvalue weighted by Crippen LogP contribution is -2.63. The van der Waals surface area contributed by atoms with Gasteiger partial charge in [-0.25, -0.2) is 21.1 Å². The molecule has 28 heavy (non-hydrogen) atoms. The van der Waals surface area contributed by atoms with Gasteiger partial charge in [0.25, 0.3) is 10.0 Å². The van der Waals surface area contributed by atoms with Gasteiger partial charge in [-0.05, 0) is 44.0 Å². The van der Waals surface area contributed by atoms with Crippen LogP contribution in [0.1, 0.15) is 25.3 Å². The van der Waals surface area contributed by atoms with Crippen molar-refractivity contribution in [2.75, 3.05) is 5.75 Å². The van der Waals surface area contributed by atoms with Crippen molar-refractivity contribution < 1.29 is 21.6 Å². The molecule has 2 unspecified atom stereocenters. The second-order valence-electron chi connectivity index (χ2n) is 6.95. The van der Waals surface area contributed by atoms with E-state index in [1.165, 1.54) is 24.3 Å². The van der Waals surface area contributed by atoms with Crippen LogP contribution in [0.15, 0.2) is 64.4 Å². The maximum atomic E-state index is 13.0. The van der Waals surface area contributed by atoms with Gasteiger partial charge in [-0.2, -0.15) is 0 Å². The molecule has 1 fully saturated rings. The molecule has 1 saturated heterocycles. The number of rotatable bonds is 7. The zero-order valence-corrected chi connectivity index (χ0v) is 17.4. The van der Waals surface area contributed by atoms with Crippen molar-refractivity contribution in [2.24, 2.45) is 5.92 Å². The van der Waals surface area contributed by atoms with Crippen LogP contribution in [-0.4, -0.2) is 38.8 Å². The maximum Gasteiger partial charge on any atom is 0.266 e. The van der Waals surface area contributed by atoms with Crippen molar-refractivity contribution in [3.05, 3.63) is 60.2 Å². The molecule has 2 aromatic rings. The molecular weight excluding hydrogens is 398 g/mol. The fraction of sp³-hybridized carbons (Fsp3) is 0.350. The minimum Gasteiger partial charge on any atom is -0.273 e. The second kappa shape index (κ2) is 7.67. The van der Waals surface area contributed by atoms with Gasteiger partial charge < -0.3 is 0 Å². The normalized spacial score (nSPS) is 20.1. The molecule has 3 rings (SSSR count). The monoisotopic (exact) mass is 421 g/mol. The summed E-state index contributed by atoms with van der Waals surface area (Å²) in [5.41, 5.74) is 0.908. The van der Waals surface area contributed by atoms with Crippen molar-refractivity contribution in [1.82, 2.24) is 4.31 Å². The first kappa shape index (κ1) is 20.5. The molecule has 1 heterocycles. The third-order valence-corrected chi connectivity index (χ3v) is 8.70. The van der Waals surface area contributed by atoms with E-state index in [1.54, 1.807) is 37.3 Å². The Bertz CT molecular complexity index is 1060. The van der Waals surface area contributed by atoms with Crippen LogP contribution in [-0.2, 0) is 24.7 Å². The third kappa shape index (κ3) is 3.71. The Morgan fingerprint density at radius 2 is 1.50 bits per heavy atom. The molecule has 1 aliphatic rings. The predicted octanol–water partition coefficient (Wildman–Crippen LogP) is 2.78. The molecule has 0 bridgehead atoms. The third-order valence-electron chi connectivity index (χ3n) is 5.10. The number of carbonyl (C=O) groups excluding carboxylic acids is 1. The molecule has 8 heteroatoms. The highest BCUT2D eigenvalue weighted by atomic mass is 32.2. The lowest BCUT2D eigenvalue weighted by Gasteiger charge is -2.45. The van der Waals surface area contributed by atoms with E-state index in [1.807, 2.05) is 6.92 Å². The van der Waals surface area contributed by atoms with Crippen LogP contribution in [0.2, 0.25) is 0 Å². The molecule has 0 N–H and O–H groups in total. The number of hydrogen-bond acceptors (Lipinski definition) is 5. The second-order valence-corrected chi connectivity index (χ2v) is 10.9. The average Bonchev–Trinajstić information content (AvgIpc) is 2.66. The quantitative estimate of drug-likeness (QED) is 0.642. The highest BCUT2D eigenvalue weighted by Crippen LogP contribution is 2.37. The molecule has 1 amide bonds. The first-order valence-corrected chi connectivity index (χ1v) is 12.2. The van der Waals surface area contributed by atoms with Crippen molar-refractivity contribution in [1.29, 1.82) is 0 Å². The topological polar surface area (TPSA) is 88.6 Å². The van der Waals surface area contributed by atoms with Gasteiger partial charge in [-0.3, -0.25) is 4.79 Å². The minimum atomic E-state index is -4.00. The number of benzene rings is 2. The summed E-state index contributed by atoms with van der Waals surface area (Å²) >= 11 is 0. The number of aryl methyl sites for hydroxylation is 1.